The molecule has 5 aliphatic rings. The molecule has 1 aromatic heterocycles. The predicted molar refractivity (Wildman–Crippen MR) is 195 cm³/mol. The lowest BCUT2D eigenvalue weighted by atomic mass is 10.0. The van der Waals surface area contributed by atoms with E-state index in [4.69, 9.17) is 10.7 Å². The van der Waals surface area contributed by atoms with E-state index in [1.807, 2.05) is 42.5 Å². The molecule has 3 fully saturated rings. The molecule has 2 unspecified atom stereocenters. The minimum atomic E-state index is -0.981. The highest BCUT2D eigenvalue weighted by Gasteiger charge is 2.44. The molecule has 5 aliphatic heterocycles. The van der Waals surface area contributed by atoms with Crippen molar-refractivity contribution in [1.29, 1.82) is 0 Å². The van der Waals surface area contributed by atoms with Crippen LogP contribution in [0.1, 0.15) is 75.3 Å². The van der Waals surface area contributed by atoms with Crippen LogP contribution in [0.15, 0.2) is 77.8 Å². The first-order valence-corrected chi connectivity index (χ1v) is 18.1. The molecule has 53 heavy (non-hydrogen) atoms. The Morgan fingerprint density at radius 2 is 1.77 bits per heavy atom. The largest absolute Gasteiger partial charge is 0.360 e. The molecule has 3 aromatic rings. The summed E-state index contributed by atoms with van der Waals surface area (Å²) in [4.78, 5) is 65.6. The first-order valence-electron chi connectivity index (χ1n) is 18.1. The Bertz CT molecular complexity index is 2090. The van der Waals surface area contributed by atoms with Crippen LogP contribution >= 0.6 is 0 Å². The number of carbonyl (C=O) groups excluding carboxylic acids is 4. The number of pyridine rings is 1. The third-order valence-corrected chi connectivity index (χ3v) is 10.7. The minimum Gasteiger partial charge on any atom is -0.360 e. The number of nitrogens with two attached hydrogens (primary N) is 1. The lowest BCUT2D eigenvalue weighted by Gasteiger charge is -2.35. The normalized spacial score (nSPS) is 24.5. The summed E-state index contributed by atoms with van der Waals surface area (Å²) >= 11 is 0. The number of hydrogen-bond donors (Lipinski definition) is 3. The Kier molecular flexibility index (Phi) is 9.29. The summed E-state index contributed by atoms with van der Waals surface area (Å²) in [6, 6.07) is 17.1. The first kappa shape index (κ1) is 34.3. The molecule has 8 rings (SSSR count). The maximum absolute atomic E-state index is 13.9. The van der Waals surface area contributed by atoms with Crippen molar-refractivity contribution in [3.63, 3.8) is 0 Å². The Morgan fingerprint density at radius 3 is 2.58 bits per heavy atom. The van der Waals surface area contributed by atoms with Gasteiger partial charge in [0.15, 0.2) is 0 Å². The van der Waals surface area contributed by atoms with Crippen LogP contribution in [0.5, 0.6) is 0 Å². The maximum atomic E-state index is 13.9. The van der Waals surface area contributed by atoms with Crippen molar-refractivity contribution in [3.05, 3.63) is 107 Å². The summed E-state index contributed by atoms with van der Waals surface area (Å²) in [5.41, 5.74) is 9.83. The summed E-state index contributed by atoms with van der Waals surface area (Å²) in [5.74, 6) is 0.00956. The Morgan fingerprint density at radius 1 is 0.962 bits per heavy atom. The van der Waals surface area contributed by atoms with Gasteiger partial charge in [0.2, 0.25) is 11.8 Å². The molecule has 0 bridgehead atoms. The van der Waals surface area contributed by atoms with Gasteiger partial charge in [0.25, 0.3) is 17.6 Å². The Labute approximate surface area is 306 Å². The van der Waals surface area contributed by atoms with E-state index in [-0.39, 0.29) is 36.3 Å². The number of nitrogens with zero attached hydrogens (tertiary/aromatic N) is 6. The zero-order chi connectivity index (χ0) is 36.6. The highest BCUT2D eigenvalue weighted by molar-refractivity contribution is 6.23. The number of hydrogen-bond acceptors (Lipinski definition) is 9. The second kappa shape index (κ2) is 14.3. The van der Waals surface area contributed by atoms with Crippen LogP contribution in [-0.4, -0.2) is 100.0 Å². The van der Waals surface area contributed by atoms with Gasteiger partial charge in [-0.1, -0.05) is 24.3 Å². The molecule has 3 saturated heterocycles. The number of benzene rings is 2. The second-order valence-electron chi connectivity index (χ2n) is 14.1. The van der Waals surface area contributed by atoms with Crippen molar-refractivity contribution < 1.29 is 28.1 Å². The Balaban J connectivity index is 0.851. The van der Waals surface area contributed by atoms with Crippen LogP contribution in [0, 0.1) is 5.82 Å². The summed E-state index contributed by atoms with van der Waals surface area (Å²) < 4.78 is 16.0. The number of fused-ring (bicyclic) bond motifs is 1. The van der Waals surface area contributed by atoms with Gasteiger partial charge in [-0.15, -0.1) is 0 Å². The van der Waals surface area contributed by atoms with Gasteiger partial charge in [0, 0.05) is 45.2 Å². The van der Waals surface area contributed by atoms with Crippen molar-refractivity contribution in [3.8, 4) is 0 Å². The number of nitrogens with one attached hydrogen (secondary N) is 2. The second-order valence-corrected chi connectivity index (χ2v) is 14.1. The van der Waals surface area contributed by atoms with Gasteiger partial charge in [-0.2, -0.15) is 0 Å². The molecule has 6 heterocycles. The number of amidine groups is 2. The third-order valence-electron chi connectivity index (χ3n) is 10.7. The summed E-state index contributed by atoms with van der Waals surface area (Å²) in [5, 5.41) is 5.71. The number of piperidine rings is 1. The zero-order valence-corrected chi connectivity index (χ0v) is 29.2. The number of piperazine rings is 1. The van der Waals surface area contributed by atoms with Crippen molar-refractivity contribution in [2.45, 2.75) is 50.4 Å². The fraction of sp³-hybridized carbons (Fsp3) is 0.359. The van der Waals surface area contributed by atoms with Crippen LogP contribution in [-0.2, 0) is 16.1 Å². The number of halogens is 1. The average molecular weight is 719 g/mol. The monoisotopic (exact) mass is 718 g/mol. The molecule has 4 amide bonds. The van der Waals surface area contributed by atoms with Crippen LogP contribution in [0.2, 0.25) is 0 Å². The van der Waals surface area contributed by atoms with Crippen LogP contribution in [0.25, 0.3) is 0 Å². The molecule has 0 spiro atoms. The van der Waals surface area contributed by atoms with Crippen molar-refractivity contribution >= 4 is 41.1 Å². The van der Waals surface area contributed by atoms with Gasteiger partial charge in [-0.3, -0.25) is 49.6 Å². The fourth-order valence-electron chi connectivity index (χ4n) is 7.94. The molecule has 272 valence electrons. The van der Waals surface area contributed by atoms with E-state index in [1.165, 1.54) is 6.07 Å². The number of amides is 4. The van der Waals surface area contributed by atoms with Crippen molar-refractivity contribution in [2.75, 3.05) is 44.2 Å². The van der Waals surface area contributed by atoms with Gasteiger partial charge in [-0.25, -0.2) is 9.37 Å². The van der Waals surface area contributed by atoms with Gasteiger partial charge >= 0.3 is 0 Å². The number of aliphatic imine (C=N–C) groups is 1. The molecular weight excluding hydrogens is 677 g/mol. The molecule has 0 aliphatic carbocycles. The smallest absolute Gasteiger partial charge is 0.268 e. The molecule has 13 nitrogen and oxygen atoms in total. The van der Waals surface area contributed by atoms with Crippen molar-refractivity contribution in [1.82, 2.24) is 25.4 Å². The minimum absolute atomic E-state index is 0.0481. The van der Waals surface area contributed by atoms with E-state index in [1.54, 1.807) is 24.3 Å². The summed E-state index contributed by atoms with van der Waals surface area (Å²) in [7, 11) is 0. The van der Waals surface area contributed by atoms with Crippen LogP contribution in [0.3, 0.4) is 0 Å². The Hall–Kier alpha value is -5.76. The van der Waals surface area contributed by atoms with Gasteiger partial charge in [0.1, 0.15) is 29.6 Å². The standard InChI is InChI=1S/C39H40FN9O4/c40-26-5-1-4-25(21-26)31-7-3-15-48(31)33(41)12-13-34-42-22-30(43-34)29-6-2-8-35(44-29)47-18-16-46(17-19-47)23-24-9-10-27-28(20-24)39(53)49(38(27)52)32-11-14-36(50)45-37(32)51/h1-2,4-6,8-10,12-13,20-21,30-32,41H,3,7,11,14-19,22-23H2,(H2,42,43,45,50,51)/p+1/b13-12-/t30?,31-,32?/m1/s1. The van der Waals surface area contributed by atoms with Gasteiger partial charge in [0.05, 0.1) is 36.0 Å². The van der Waals surface area contributed by atoms with E-state index < -0.39 is 29.7 Å². The highest BCUT2D eigenvalue weighted by Crippen LogP contribution is 2.30. The van der Waals surface area contributed by atoms with E-state index in [0.717, 1.165) is 78.9 Å². The van der Waals surface area contributed by atoms with Crippen molar-refractivity contribution in [2.24, 2.45) is 10.7 Å². The molecule has 4 N–H and O–H groups in total. The predicted octanol–water partition coefficient (Wildman–Crippen LogP) is 2.45. The molecule has 3 atom stereocenters. The molecule has 0 radical (unpaired) electrons. The summed E-state index contributed by atoms with van der Waals surface area (Å²) in [6.45, 7) is 5.09. The van der Waals surface area contributed by atoms with E-state index in [0.29, 0.717) is 24.5 Å². The third kappa shape index (κ3) is 6.93. The molecule has 2 aromatic carbocycles. The van der Waals surface area contributed by atoms with Crippen LogP contribution in [0.4, 0.5) is 10.2 Å². The lowest BCUT2D eigenvalue weighted by molar-refractivity contribution is -0.550. The van der Waals surface area contributed by atoms with E-state index in [9.17, 15) is 23.6 Å². The first-order chi connectivity index (χ1) is 25.7. The maximum Gasteiger partial charge on any atom is 0.268 e. The zero-order valence-electron chi connectivity index (χ0n) is 29.2. The summed E-state index contributed by atoms with van der Waals surface area (Å²) in [6.07, 6.45) is 5.88. The van der Waals surface area contributed by atoms with Gasteiger partial charge in [-0.05, 0) is 72.9 Å². The van der Waals surface area contributed by atoms with E-state index >= 15 is 0 Å². The van der Waals surface area contributed by atoms with E-state index in [2.05, 4.69) is 30.0 Å². The van der Waals surface area contributed by atoms with Crippen LogP contribution < -0.4 is 21.3 Å². The fourth-order valence-corrected chi connectivity index (χ4v) is 7.94. The number of aromatic nitrogens is 1. The molecule has 0 saturated carbocycles. The molecular formula is C39H41FN9O4+. The topological polar surface area (TPSA) is 156 Å². The number of carbonyl (C=O) groups is 4. The number of anilines is 1. The number of imide groups is 2. The molecule has 14 heteroatoms. The highest BCUT2D eigenvalue weighted by atomic mass is 19.1. The number of rotatable bonds is 8. The van der Waals surface area contributed by atoms with Gasteiger partial charge < -0.3 is 10.2 Å². The SMILES string of the molecule is NC(/C=C\C1=NCC(c2cccc(N3CCN(Cc4ccc5c(c4)C(=O)N(C4CCC(=O)NC4=O)C5=O)CC3)n2)N1)=[N+]1CCC[C@@H]1c1cccc(F)c1. The lowest BCUT2D eigenvalue weighted by Crippen LogP contribution is -2.54. The average Bonchev–Trinajstić information content (AvgIpc) is 3.91. The quantitative estimate of drug-likeness (QED) is 0.181.